The highest BCUT2D eigenvalue weighted by Crippen LogP contribution is 2.31. The van der Waals surface area contributed by atoms with Crippen LogP contribution >= 0.6 is 15.9 Å². The summed E-state index contributed by atoms with van der Waals surface area (Å²) in [5, 5.41) is 1.13. The van der Waals surface area contributed by atoms with Crippen molar-refractivity contribution in [2.45, 2.75) is 13.0 Å². The summed E-state index contributed by atoms with van der Waals surface area (Å²) in [7, 11) is 0. The lowest BCUT2D eigenvalue weighted by Crippen LogP contribution is -2.11. The summed E-state index contributed by atoms with van der Waals surface area (Å²) in [5.41, 5.74) is 9.38. The van der Waals surface area contributed by atoms with Gasteiger partial charge in [0.15, 0.2) is 0 Å². The largest absolute Gasteiger partial charge is 0.459 e. The molecular weight excluding hydrogens is 302 g/mol. The molecule has 3 aromatic rings. The summed E-state index contributed by atoms with van der Waals surface area (Å²) in [6, 6.07) is 15.8. The fourth-order valence-electron chi connectivity index (χ4n) is 2.31. The van der Waals surface area contributed by atoms with Crippen molar-refractivity contribution >= 4 is 26.9 Å². The van der Waals surface area contributed by atoms with Gasteiger partial charge in [0.1, 0.15) is 11.3 Å². The molecule has 1 atom stereocenters. The van der Waals surface area contributed by atoms with Crippen LogP contribution in [0.3, 0.4) is 0 Å². The van der Waals surface area contributed by atoms with E-state index in [1.54, 1.807) is 0 Å². The van der Waals surface area contributed by atoms with E-state index in [0.717, 1.165) is 32.3 Å². The topological polar surface area (TPSA) is 39.2 Å². The maximum Gasteiger partial charge on any atom is 0.134 e. The second-order valence-electron chi connectivity index (χ2n) is 4.62. The van der Waals surface area contributed by atoms with Gasteiger partial charge < -0.3 is 10.2 Å². The third-order valence-corrected chi connectivity index (χ3v) is 3.92. The molecule has 0 spiro atoms. The van der Waals surface area contributed by atoms with Crippen LogP contribution in [0.15, 0.2) is 57.4 Å². The first-order chi connectivity index (χ1) is 9.16. The van der Waals surface area contributed by atoms with Crippen molar-refractivity contribution in [3.8, 4) is 0 Å². The SMILES string of the molecule is Cc1c(C(N)c2ccc(Br)cc2)oc2ccccc12. The van der Waals surface area contributed by atoms with Gasteiger partial charge >= 0.3 is 0 Å². The lowest BCUT2D eigenvalue weighted by atomic mass is 10.0. The Bertz CT molecular complexity index is 715. The first-order valence-electron chi connectivity index (χ1n) is 6.16. The Morgan fingerprint density at radius 3 is 2.42 bits per heavy atom. The van der Waals surface area contributed by atoms with E-state index in [2.05, 4.69) is 28.9 Å². The van der Waals surface area contributed by atoms with E-state index in [9.17, 15) is 0 Å². The molecule has 1 unspecified atom stereocenters. The smallest absolute Gasteiger partial charge is 0.134 e. The van der Waals surface area contributed by atoms with E-state index in [4.69, 9.17) is 10.2 Å². The van der Waals surface area contributed by atoms with Crippen LogP contribution in [0.2, 0.25) is 0 Å². The summed E-state index contributed by atoms with van der Waals surface area (Å²) in [4.78, 5) is 0. The van der Waals surface area contributed by atoms with Gasteiger partial charge in [0.2, 0.25) is 0 Å². The van der Waals surface area contributed by atoms with Gasteiger partial charge in [0.05, 0.1) is 6.04 Å². The van der Waals surface area contributed by atoms with E-state index in [1.807, 2.05) is 42.5 Å². The zero-order valence-electron chi connectivity index (χ0n) is 10.6. The summed E-state index contributed by atoms with van der Waals surface area (Å²) < 4.78 is 6.95. The number of benzene rings is 2. The molecule has 2 N–H and O–H groups in total. The van der Waals surface area contributed by atoms with Crippen LogP contribution in [-0.4, -0.2) is 0 Å². The number of halogens is 1. The fourth-order valence-corrected chi connectivity index (χ4v) is 2.58. The van der Waals surface area contributed by atoms with Crippen molar-refractivity contribution < 1.29 is 4.42 Å². The standard InChI is InChI=1S/C16H14BrNO/c1-10-13-4-2-3-5-14(13)19-16(10)15(18)11-6-8-12(17)9-7-11/h2-9,15H,18H2,1H3. The Kier molecular flexibility index (Phi) is 3.17. The summed E-state index contributed by atoms with van der Waals surface area (Å²) in [6.07, 6.45) is 0. The van der Waals surface area contributed by atoms with E-state index in [-0.39, 0.29) is 6.04 Å². The van der Waals surface area contributed by atoms with Crippen molar-refractivity contribution in [3.05, 3.63) is 69.9 Å². The number of para-hydroxylation sites is 1. The number of rotatable bonds is 2. The molecular formula is C16H14BrNO. The molecule has 0 amide bonds. The number of hydrogen-bond donors (Lipinski definition) is 1. The number of fused-ring (bicyclic) bond motifs is 1. The van der Waals surface area contributed by atoms with Crippen LogP contribution in [0.1, 0.15) is 22.9 Å². The van der Waals surface area contributed by atoms with E-state index in [1.165, 1.54) is 0 Å². The van der Waals surface area contributed by atoms with Crippen LogP contribution in [0.5, 0.6) is 0 Å². The molecule has 1 heterocycles. The van der Waals surface area contributed by atoms with Crippen LogP contribution in [0.25, 0.3) is 11.0 Å². The van der Waals surface area contributed by atoms with Crippen molar-refractivity contribution in [1.29, 1.82) is 0 Å². The number of aryl methyl sites for hydroxylation is 1. The van der Waals surface area contributed by atoms with Gasteiger partial charge in [-0.1, -0.05) is 46.3 Å². The van der Waals surface area contributed by atoms with Gasteiger partial charge in [0, 0.05) is 15.4 Å². The highest BCUT2D eigenvalue weighted by atomic mass is 79.9. The minimum absolute atomic E-state index is 0.236. The first kappa shape index (κ1) is 12.5. The second-order valence-corrected chi connectivity index (χ2v) is 5.53. The third kappa shape index (κ3) is 2.20. The van der Waals surface area contributed by atoms with E-state index < -0.39 is 0 Å². The molecule has 0 bridgehead atoms. The molecule has 0 fully saturated rings. The molecule has 0 aliphatic heterocycles. The van der Waals surface area contributed by atoms with Crippen LogP contribution in [0, 0.1) is 6.92 Å². The highest BCUT2D eigenvalue weighted by Gasteiger charge is 2.18. The minimum Gasteiger partial charge on any atom is -0.459 e. The van der Waals surface area contributed by atoms with E-state index in [0.29, 0.717) is 0 Å². The van der Waals surface area contributed by atoms with Crippen molar-refractivity contribution in [3.63, 3.8) is 0 Å². The van der Waals surface area contributed by atoms with E-state index >= 15 is 0 Å². The maximum absolute atomic E-state index is 6.32. The lowest BCUT2D eigenvalue weighted by Gasteiger charge is -2.10. The van der Waals surface area contributed by atoms with Gasteiger partial charge in [-0.3, -0.25) is 0 Å². The molecule has 3 rings (SSSR count). The Morgan fingerprint density at radius 2 is 1.74 bits per heavy atom. The Balaban J connectivity index is 2.08. The predicted molar refractivity (Wildman–Crippen MR) is 81.1 cm³/mol. The summed E-state index contributed by atoms with van der Waals surface area (Å²) >= 11 is 3.43. The molecule has 2 aromatic carbocycles. The van der Waals surface area contributed by atoms with Crippen LogP contribution < -0.4 is 5.73 Å². The van der Waals surface area contributed by atoms with Crippen molar-refractivity contribution in [2.24, 2.45) is 5.73 Å². The molecule has 0 aliphatic rings. The normalized spacial score (nSPS) is 12.8. The average Bonchev–Trinajstić information content (AvgIpc) is 2.77. The Hall–Kier alpha value is -1.58. The maximum atomic E-state index is 6.32. The third-order valence-electron chi connectivity index (χ3n) is 3.39. The Labute approximate surface area is 120 Å². The molecule has 0 saturated heterocycles. The molecule has 1 aromatic heterocycles. The van der Waals surface area contributed by atoms with Crippen LogP contribution in [0.4, 0.5) is 0 Å². The first-order valence-corrected chi connectivity index (χ1v) is 6.95. The van der Waals surface area contributed by atoms with Gasteiger partial charge in [-0.25, -0.2) is 0 Å². The number of furan rings is 1. The predicted octanol–water partition coefficient (Wildman–Crippen LogP) is 4.55. The van der Waals surface area contributed by atoms with Crippen LogP contribution in [-0.2, 0) is 0 Å². The van der Waals surface area contributed by atoms with Gasteiger partial charge in [-0.05, 0) is 30.7 Å². The lowest BCUT2D eigenvalue weighted by molar-refractivity contribution is 0.521. The molecule has 0 saturated carbocycles. The van der Waals surface area contributed by atoms with Gasteiger partial charge in [-0.2, -0.15) is 0 Å². The zero-order valence-corrected chi connectivity index (χ0v) is 12.1. The monoisotopic (exact) mass is 315 g/mol. The average molecular weight is 316 g/mol. The minimum atomic E-state index is -0.236. The van der Waals surface area contributed by atoms with Gasteiger partial charge in [0.25, 0.3) is 0 Å². The summed E-state index contributed by atoms with van der Waals surface area (Å²) in [6.45, 7) is 2.06. The molecule has 96 valence electrons. The Morgan fingerprint density at radius 1 is 1.05 bits per heavy atom. The van der Waals surface area contributed by atoms with Crippen molar-refractivity contribution in [2.75, 3.05) is 0 Å². The molecule has 3 heteroatoms. The molecule has 0 aliphatic carbocycles. The zero-order chi connectivity index (χ0) is 13.4. The van der Waals surface area contributed by atoms with Crippen molar-refractivity contribution in [1.82, 2.24) is 0 Å². The van der Waals surface area contributed by atoms with Gasteiger partial charge in [-0.15, -0.1) is 0 Å². The molecule has 0 radical (unpaired) electrons. The number of nitrogens with two attached hydrogens (primary N) is 1. The fraction of sp³-hybridized carbons (Fsp3) is 0.125. The second kappa shape index (κ2) is 4.83. The quantitative estimate of drug-likeness (QED) is 0.753. The number of hydrogen-bond acceptors (Lipinski definition) is 2. The summed E-state index contributed by atoms with van der Waals surface area (Å²) in [5.74, 6) is 0.837. The molecule has 2 nitrogen and oxygen atoms in total. The molecule has 19 heavy (non-hydrogen) atoms. The highest BCUT2D eigenvalue weighted by molar-refractivity contribution is 9.10.